The number of aromatic carboxylic acids is 1. The van der Waals surface area contributed by atoms with Gasteiger partial charge in [-0.15, -0.1) is 0 Å². The number of hydrogen-bond acceptors (Lipinski definition) is 3. The summed E-state index contributed by atoms with van der Waals surface area (Å²) in [5.74, 6) is -0.790. The van der Waals surface area contributed by atoms with Gasteiger partial charge in [0.2, 0.25) is 0 Å². The smallest absolute Gasteiger partial charge is 0.358 e. The number of carboxylic acid groups (broad SMARTS) is 1. The highest BCUT2D eigenvalue weighted by Gasteiger charge is 2.13. The highest BCUT2D eigenvalue weighted by molar-refractivity contribution is 5.88. The lowest BCUT2D eigenvalue weighted by Gasteiger charge is -2.09. The van der Waals surface area contributed by atoms with Gasteiger partial charge in [-0.3, -0.25) is 0 Å². The molecule has 0 radical (unpaired) electrons. The number of benzene rings is 1. The summed E-state index contributed by atoms with van der Waals surface area (Å²) in [6.45, 7) is 4.08. The molecule has 0 spiro atoms. The van der Waals surface area contributed by atoms with Gasteiger partial charge in [0.1, 0.15) is 6.61 Å². The van der Waals surface area contributed by atoms with Gasteiger partial charge in [0, 0.05) is 5.69 Å². The maximum atomic E-state index is 11.1. The van der Waals surface area contributed by atoms with Crippen LogP contribution in [0.3, 0.4) is 0 Å². The maximum absolute atomic E-state index is 11.1. The Morgan fingerprint density at radius 1 is 1.16 bits per heavy atom. The monoisotopic (exact) mass is 257 g/mol. The van der Waals surface area contributed by atoms with E-state index in [9.17, 15) is 4.79 Å². The van der Waals surface area contributed by atoms with Crippen LogP contribution in [-0.2, 0) is 6.61 Å². The van der Waals surface area contributed by atoms with Crippen molar-refractivity contribution in [2.45, 2.75) is 20.5 Å². The van der Waals surface area contributed by atoms with Crippen molar-refractivity contribution in [1.82, 2.24) is 4.98 Å². The second kappa shape index (κ2) is 5.52. The van der Waals surface area contributed by atoms with E-state index in [2.05, 4.69) is 4.98 Å². The molecule has 0 saturated carbocycles. The molecule has 1 heterocycles. The van der Waals surface area contributed by atoms with E-state index in [1.54, 1.807) is 19.1 Å². The van der Waals surface area contributed by atoms with Crippen LogP contribution < -0.4 is 4.74 Å². The van der Waals surface area contributed by atoms with Gasteiger partial charge in [0.15, 0.2) is 11.4 Å². The van der Waals surface area contributed by atoms with E-state index in [-0.39, 0.29) is 5.69 Å². The lowest BCUT2D eigenvalue weighted by molar-refractivity contribution is 0.0684. The van der Waals surface area contributed by atoms with E-state index in [0.29, 0.717) is 18.1 Å². The third-order valence-corrected chi connectivity index (χ3v) is 2.71. The average molecular weight is 257 g/mol. The van der Waals surface area contributed by atoms with Gasteiger partial charge in [-0.25, -0.2) is 9.78 Å². The highest BCUT2D eigenvalue weighted by Crippen LogP contribution is 2.18. The van der Waals surface area contributed by atoms with Crippen molar-refractivity contribution in [3.8, 4) is 5.75 Å². The van der Waals surface area contributed by atoms with E-state index in [4.69, 9.17) is 9.84 Å². The number of aryl methyl sites for hydroxylation is 2. The molecule has 0 fully saturated rings. The van der Waals surface area contributed by atoms with Crippen LogP contribution in [0, 0.1) is 13.8 Å². The van der Waals surface area contributed by atoms with Crippen LogP contribution in [0.2, 0.25) is 0 Å². The Morgan fingerprint density at radius 2 is 1.84 bits per heavy atom. The van der Waals surface area contributed by atoms with Gasteiger partial charge in [-0.1, -0.05) is 29.8 Å². The van der Waals surface area contributed by atoms with Crippen molar-refractivity contribution in [3.05, 3.63) is 58.9 Å². The summed E-state index contributed by atoms with van der Waals surface area (Å²) in [5, 5.41) is 9.08. The van der Waals surface area contributed by atoms with Crippen molar-refractivity contribution in [1.29, 1.82) is 0 Å². The highest BCUT2D eigenvalue weighted by atomic mass is 16.5. The first-order chi connectivity index (χ1) is 9.06. The van der Waals surface area contributed by atoms with Crippen LogP contribution in [0.25, 0.3) is 0 Å². The lowest BCUT2D eigenvalue weighted by Crippen LogP contribution is -2.06. The fourth-order valence-corrected chi connectivity index (χ4v) is 1.66. The standard InChI is InChI=1S/C15H15NO3/c1-10-3-6-12(7-4-10)9-19-13-8-5-11(2)16-14(13)15(17)18/h3-8H,9H2,1-2H3,(H,17,18). The molecule has 4 nitrogen and oxygen atoms in total. The molecule has 2 rings (SSSR count). The molecule has 0 amide bonds. The number of ether oxygens (including phenoxy) is 1. The summed E-state index contributed by atoms with van der Waals surface area (Å²) in [7, 11) is 0. The van der Waals surface area contributed by atoms with Gasteiger partial charge in [-0.05, 0) is 31.5 Å². The Balaban J connectivity index is 2.15. The Labute approximate surface area is 111 Å². The molecule has 0 unspecified atom stereocenters. The third kappa shape index (κ3) is 3.31. The van der Waals surface area contributed by atoms with Crippen LogP contribution in [0.5, 0.6) is 5.75 Å². The minimum atomic E-state index is -1.08. The molecular weight excluding hydrogens is 242 g/mol. The SMILES string of the molecule is Cc1ccc(COc2ccc(C)nc2C(=O)O)cc1. The van der Waals surface area contributed by atoms with Crippen LogP contribution in [0.1, 0.15) is 27.3 Å². The Morgan fingerprint density at radius 3 is 2.47 bits per heavy atom. The summed E-state index contributed by atoms with van der Waals surface area (Å²) in [6.07, 6.45) is 0. The molecule has 1 N–H and O–H groups in total. The number of carbonyl (C=O) groups is 1. The van der Waals surface area contributed by atoms with Crippen molar-refractivity contribution in [3.63, 3.8) is 0 Å². The quantitative estimate of drug-likeness (QED) is 0.914. The predicted octanol–water partition coefficient (Wildman–Crippen LogP) is 2.98. The van der Waals surface area contributed by atoms with Crippen LogP contribution in [0.4, 0.5) is 0 Å². The molecule has 0 atom stereocenters. The summed E-state index contributed by atoms with van der Waals surface area (Å²) in [4.78, 5) is 15.1. The Hall–Kier alpha value is -2.36. The van der Waals surface area contributed by atoms with E-state index in [0.717, 1.165) is 5.56 Å². The first-order valence-corrected chi connectivity index (χ1v) is 5.95. The van der Waals surface area contributed by atoms with Crippen LogP contribution >= 0.6 is 0 Å². The Bertz CT molecular complexity index is 591. The largest absolute Gasteiger partial charge is 0.486 e. The topological polar surface area (TPSA) is 59.4 Å². The van der Waals surface area contributed by atoms with Crippen molar-refractivity contribution in [2.75, 3.05) is 0 Å². The zero-order chi connectivity index (χ0) is 13.8. The number of aromatic nitrogens is 1. The van der Waals surface area contributed by atoms with Gasteiger partial charge >= 0.3 is 5.97 Å². The predicted molar refractivity (Wildman–Crippen MR) is 71.4 cm³/mol. The van der Waals surface area contributed by atoms with E-state index < -0.39 is 5.97 Å². The van der Waals surface area contributed by atoms with Crippen molar-refractivity contribution >= 4 is 5.97 Å². The zero-order valence-corrected chi connectivity index (χ0v) is 10.9. The van der Waals surface area contributed by atoms with Crippen LogP contribution in [-0.4, -0.2) is 16.1 Å². The summed E-state index contributed by atoms with van der Waals surface area (Å²) >= 11 is 0. The molecule has 1 aromatic carbocycles. The maximum Gasteiger partial charge on any atom is 0.358 e. The fourth-order valence-electron chi connectivity index (χ4n) is 1.66. The molecule has 0 aliphatic carbocycles. The van der Waals surface area contributed by atoms with Crippen molar-refractivity contribution in [2.24, 2.45) is 0 Å². The molecule has 0 aliphatic rings. The third-order valence-electron chi connectivity index (χ3n) is 2.71. The minimum absolute atomic E-state index is 0.0490. The molecule has 2 aromatic rings. The molecule has 19 heavy (non-hydrogen) atoms. The number of nitrogens with zero attached hydrogens (tertiary/aromatic N) is 1. The number of rotatable bonds is 4. The van der Waals surface area contributed by atoms with Gasteiger partial charge in [-0.2, -0.15) is 0 Å². The minimum Gasteiger partial charge on any atom is -0.486 e. The molecule has 0 saturated heterocycles. The van der Waals surface area contributed by atoms with Gasteiger partial charge in [0.05, 0.1) is 0 Å². The molecule has 0 bridgehead atoms. The molecule has 4 heteroatoms. The van der Waals surface area contributed by atoms with Gasteiger partial charge in [0.25, 0.3) is 0 Å². The fraction of sp³-hybridized carbons (Fsp3) is 0.200. The first kappa shape index (κ1) is 13.1. The zero-order valence-electron chi connectivity index (χ0n) is 10.9. The molecular formula is C15H15NO3. The molecule has 0 aliphatic heterocycles. The normalized spacial score (nSPS) is 10.2. The summed E-state index contributed by atoms with van der Waals surface area (Å²) < 4.78 is 5.54. The van der Waals surface area contributed by atoms with Gasteiger partial charge < -0.3 is 9.84 Å². The average Bonchev–Trinajstić information content (AvgIpc) is 2.39. The van der Waals surface area contributed by atoms with Crippen LogP contribution in [0.15, 0.2) is 36.4 Å². The number of carboxylic acids is 1. The lowest BCUT2D eigenvalue weighted by atomic mass is 10.2. The van der Waals surface area contributed by atoms with Crippen molar-refractivity contribution < 1.29 is 14.6 Å². The number of pyridine rings is 1. The summed E-state index contributed by atoms with van der Waals surface area (Å²) in [6, 6.07) is 11.3. The second-order valence-electron chi connectivity index (χ2n) is 4.38. The molecule has 1 aromatic heterocycles. The van der Waals surface area contributed by atoms with E-state index in [1.807, 2.05) is 31.2 Å². The van der Waals surface area contributed by atoms with E-state index in [1.165, 1.54) is 5.56 Å². The van der Waals surface area contributed by atoms with E-state index >= 15 is 0 Å². The second-order valence-corrected chi connectivity index (χ2v) is 4.38. The number of hydrogen-bond donors (Lipinski definition) is 1. The first-order valence-electron chi connectivity index (χ1n) is 5.95. The summed E-state index contributed by atoms with van der Waals surface area (Å²) in [5.41, 5.74) is 2.77. The molecule has 98 valence electrons. The Kier molecular flexibility index (Phi) is 3.80.